The lowest BCUT2D eigenvalue weighted by atomic mass is 10.1. The van der Waals surface area contributed by atoms with Crippen molar-refractivity contribution in [2.45, 2.75) is 12.3 Å². The molecule has 0 unspecified atom stereocenters. The van der Waals surface area contributed by atoms with E-state index in [2.05, 4.69) is 44.9 Å². The van der Waals surface area contributed by atoms with Crippen molar-refractivity contribution < 1.29 is 13.2 Å². The summed E-state index contributed by atoms with van der Waals surface area (Å²) in [5, 5.41) is 11.7. The molecule has 1 aliphatic rings. The molecule has 160 valence electrons. The number of H-pyrrole nitrogens is 2. The largest absolute Gasteiger partial charge is 0.365 e. The number of anilines is 3. The summed E-state index contributed by atoms with van der Waals surface area (Å²) in [6.45, 7) is 0.157. The highest BCUT2D eigenvalue weighted by Crippen LogP contribution is 2.32. The molecular weight excluding hydrogens is 410 g/mol. The summed E-state index contributed by atoms with van der Waals surface area (Å²) in [6.07, 6.45) is 7.65. The van der Waals surface area contributed by atoms with Crippen LogP contribution in [-0.4, -0.2) is 34.2 Å². The molecule has 5 aromatic rings. The van der Waals surface area contributed by atoms with E-state index in [1.54, 1.807) is 4.90 Å². The molecule has 1 saturated heterocycles. The third-order valence-electron chi connectivity index (χ3n) is 6.00. The Morgan fingerprint density at radius 1 is 1.06 bits per heavy atom. The van der Waals surface area contributed by atoms with E-state index in [0.717, 1.165) is 44.7 Å². The van der Waals surface area contributed by atoms with Gasteiger partial charge in [0.1, 0.15) is 24.3 Å². The molecule has 4 heterocycles. The Morgan fingerprint density at radius 2 is 1.94 bits per heavy atom. The summed E-state index contributed by atoms with van der Waals surface area (Å²) >= 11 is 0. The fourth-order valence-corrected chi connectivity index (χ4v) is 4.32. The molecule has 1 fully saturated rings. The Kier molecular flexibility index (Phi) is 4.14. The van der Waals surface area contributed by atoms with Crippen molar-refractivity contribution in [3.05, 3.63) is 73.3 Å². The summed E-state index contributed by atoms with van der Waals surface area (Å²) in [5.74, 6) is -2.60. The average Bonchev–Trinajstić information content (AvgIpc) is 3.52. The lowest BCUT2D eigenvalue weighted by Gasteiger charge is -2.18. The minimum Gasteiger partial charge on any atom is -0.365 e. The van der Waals surface area contributed by atoms with Crippen LogP contribution in [0.4, 0.5) is 25.8 Å². The van der Waals surface area contributed by atoms with Gasteiger partial charge in [0.2, 0.25) is 0 Å². The number of hydrogen-bond acceptors (Lipinski definition) is 3. The van der Waals surface area contributed by atoms with Gasteiger partial charge in [-0.1, -0.05) is 12.1 Å². The van der Waals surface area contributed by atoms with Gasteiger partial charge in [0, 0.05) is 35.3 Å². The van der Waals surface area contributed by atoms with E-state index < -0.39 is 5.92 Å². The highest BCUT2D eigenvalue weighted by atomic mass is 19.3. The maximum atomic E-state index is 13.5. The smallest absolute Gasteiger partial charge is 0.308 e. The summed E-state index contributed by atoms with van der Waals surface area (Å²) < 4.78 is 29.1. The van der Waals surface area contributed by atoms with Crippen LogP contribution < -0.4 is 14.6 Å². The van der Waals surface area contributed by atoms with Crippen LogP contribution in [0, 0.1) is 0 Å². The number of nitrogens with one attached hydrogen (secondary N) is 3. The van der Waals surface area contributed by atoms with E-state index in [9.17, 15) is 8.78 Å². The minimum absolute atomic E-state index is 0.0911. The number of fused-ring (bicyclic) bond motifs is 2. The van der Waals surface area contributed by atoms with Crippen LogP contribution >= 0.6 is 0 Å². The average molecular weight is 431 g/mol. The van der Waals surface area contributed by atoms with Crippen LogP contribution in [0.15, 0.2) is 73.3 Å². The monoisotopic (exact) mass is 431 g/mol. The summed E-state index contributed by atoms with van der Waals surface area (Å²) in [5.41, 5.74) is 6.66. The van der Waals surface area contributed by atoms with E-state index in [0.29, 0.717) is 6.54 Å². The van der Waals surface area contributed by atoms with Gasteiger partial charge in [-0.15, -0.1) is 0 Å². The molecule has 0 atom stereocenters. The van der Waals surface area contributed by atoms with Crippen molar-refractivity contribution in [1.82, 2.24) is 15.2 Å². The SMILES string of the molecule is FC1(F)CCN(c2ccc(Nc3cc(-c4ccc5cn[nH]c5c4)c[n+]4cc[nH]c34)cc2)C1. The standard InChI is InChI=1S/C24H20F2N6/c25-24(26)7-9-32(15-24)20-5-3-19(4-6-20)29-22-12-18(14-31-10-8-27-23(22)31)16-1-2-17-13-28-30-21(17)11-16/h1-6,8,10-14,29H,7,9,15H2,(H,28,30)/p+1. The number of halogens is 2. The number of hydrogen-bond donors (Lipinski definition) is 3. The van der Waals surface area contributed by atoms with Crippen molar-refractivity contribution in [2.24, 2.45) is 0 Å². The number of pyridine rings is 1. The predicted octanol–water partition coefficient (Wildman–Crippen LogP) is 4.89. The van der Waals surface area contributed by atoms with E-state index in [1.807, 2.05) is 53.3 Å². The molecule has 3 N–H and O–H groups in total. The second-order valence-electron chi connectivity index (χ2n) is 8.23. The van der Waals surface area contributed by atoms with Crippen LogP contribution in [0.25, 0.3) is 27.7 Å². The first-order valence-corrected chi connectivity index (χ1v) is 10.5. The number of nitrogens with zero attached hydrogens (tertiary/aromatic N) is 3. The maximum absolute atomic E-state index is 13.5. The highest BCUT2D eigenvalue weighted by molar-refractivity contribution is 5.85. The molecule has 6 rings (SSSR count). The third-order valence-corrected chi connectivity index (χ3v) is 6.00. The second-order valence-corrected chi connectivity index (χ2v) is 8.23. The van der Waals surface area contributed by atoms with Crippen molar-refractivity contribution >= 4 is 33.6 Å². The molecule has 0 spiro atoms. The zero-order chi connectivity index (χ0) is 21.7. The number of imidazole rings is 1. The zero-order valence-corrected chi connectivity index (χ0v) is 17.1. The van der Waals surface area contributed by atoms with E-state index in [1.165, 1.54) is 0 Å². The van der Waals surface area contributed by atoms with Gasteiger partial charge < -0.3 is 10.2 Å². The van der Waals surface area contributed by atoms with Crippen molar-refractivity contribution in [1.29, 1.82) is 0 Å². The fraction of sp³-hybridized carbons (Fsp3) is 0.167. The van der Waals surface area contributed by atoms with Gasteiger partial charge in [-0.3, -0.25) is 5.10 Å². The summed E-state index contributed by atoms with van der Waals surface area (Å²) in [6, 6.07) is 15.9. The Bertz CT molecular complexity index is 1420. The van der Waals surface area contributed by atoms with Gasteiger partial charge in [0.15, 0.2) is 0 Å². The molecule has 2 aromatic carbocycles. The molecular formula is C24H21F2N6+. The van der Waals surface area contributed by atoms with Gasteiger partial charge in [0.25, 0.3) is 5.92 Å². The predicted molar refractivity (Wildman–Crippen MR) is 121 cm³/mol. The van der Waals surface area contributed by atoms with Gasteiger partial charge in [-0.2, -0.15) is 5.10 Å². The van der Waals surface area contributed by atoms with Gasteiger partial charge in [0.05, 0.1) is 18.3 Å². The lowest BCUT2D eigenvalue weighted by Crippen LogP contribution is -2.24. The second kappa shape index (κ2) is 7.05. The number of aromatic amines is 2. The maximum Gasteiger partial charge on any atom is 0.308 e. The van der Waals surface area contributed by atoms with Gasteiger partial charge in [-0.05, 0) is 42.0 Å². The number of benzene rings is 2. The van der Waals surface area contributed by atoms with Gasteiger partial charge in [-0.25, -0.2) is 18.2 Å². The first-order chi connectivity index (χ1) is 15.5. The molecule has 0 amide bonds. The molecule has 1 aliphatic heterocycles. The van der Waals surface area contributed by atoms with Crippen LogP contribution in [0.3, 0.4) is 0 Å². The first kappa shape index (κ1) is 18.8. The van der Waals surface area contributed by atoms with Crippen LogP contribution in [-0.2, 0) is 0 Å². The minimum atomic E-state index is -2.60. The number of aromatic nitrogens is 4. The Labute approximate surface area is 182 Å². The molecule has 32 heavy (non-hydrogen) atoms. The molecule has 8 heteroatoms. The topological polar surface area (TPSA) is 63.8 Å². The van der Waals surface area contributed by atoms with Crippen molar-refractivity contribution in [3.8, 4) is 11.1 Å². The number of rotatable bonds is 4. The third kappa shape index (κ3) is 3.33. The Balaban J connectivity index is 1.32. The normalized spacial score (nSPS) is 15.6. The van der Waals surface area contributed by atoms with Crippen LogP contribution in [0.2, 0.25) is 0 Å². The quantitative estimate of drug-likeness (QED) is 0.355. The summed E-state index contributed by atoms with van der Waals surface area (Å²) in [7, 11) is 0. The molecule has 0 aliphatic carbocycles. The van der Waals surface area contributed by atoms with E-state index in [-0.39, 0.29) is 13.0 Å². The van der Waals surface area contributed by atoms with Crippen LogP contribution in [0.1, 0.15) is 6.42 Å². The Hall–Kier alpha value is -3.94. The highest BCUT2D eigenvalue weighted by Gasteiger charge is 2.38. The Morgan fingerprint density at radius 3 is 2.75 bits per heavy atom. The zero-order valence-electron chi connectivity index (χ0n) is 17.1. The fourth-order valence-electron chi connectivity index (χ4n) is 4.32. The van der Waals surface area contributed by atoms with E-state index in [4.69, 9.17) is 0 Å². The molecule has 3 aromatic heterocycles. The summed E-state index contributed by atoms with van der Waals surface area (Å²) in [4.78, 5) is 5.00. The lowest BCUT2D eigenvalue weighted by molar-refractivity contribution is -0.508. The van der Waals surface area contributed by atoms with Crippen LogP contribution in [0.5, 0.6) is 0 Å². The molecule has 6 nitrogen and oxygen atoms in total. The van der Waals surface area contributed by atoms with Crippen molar-refractivity contribution in [3.63, 3.8) is 0 Å². The molecule has 0 bridgehead atoms. The number of alkyl halides is 2. The first-order valence-electron chi connectivity index (χ1n) is 10.5. The molecule has 0 radical (unpaired) electrons. The molecule has 0 saturated carbocycles. The van der Waals surface area contributed by atoms with Gasteiger partial charge >= 0.3 is 5.65 Å². The van der Waals surface area contributed by atoms with E-state index >= 15 is 0 Å². The van der Waals surface area contributed by atoms with Crippen molar-refractivity contribution in [2.75, 3.05) is 23.3 Å².